The molecule has 1 aromatic heterocycles. The van der Waals surface area contributed by atoms with Crippen LogP contribution in [0.15, 0.2) is 42.5 Å². The molecule has 0 unspecified atom stereocenters. The van der Waals surface area contributed by atoms with Crippen LogP contribution in [-0.4, -0.2) is 28.1 Å². The summed E-state index contributed by atoms with van der Waals surface area (Å²) in [6.07, 6.45) is 0.240. The molecule has 23 heavy (non-hydrogen) atoms. The summed E-state index contributed by atoms with van der Waals surface area (Å²) in [6.45, 7) is 0. The van der Waals surface area contributed by atoms with Gasteiger partial charge in [0.15, 0.2) is 0 Å². The molecule has 0 atom stereocenters. The summed E-state index contributed by atoms with van der Waals surface area (Å²) in [7, 11) is 1.59. The van der Waals surface area contributed by atoms with E-state index in [1.165, 1.54) is 12.1 Å². The fourth-order valence-electron chi connectivity index (χ4n) is 2.41. The van der Waals surface area contributed by atoms with Crippen LogP contribution in [0.2, 0.25) is 0 Å². The molecule has 2 aromatic carbocycles. The Morgan fingerprint density at radius 1 is 1.22 bits per heavy atom. The third-order valence-corrected chi connectivity index (χ3v) is 3.66. The highest BCUT2D eigenvalue weighted by Gasteiger charge is 2.11. The first kappa shape index (κ1) is 14.7. The Balaban J connectivity index is 1.94. The van der Waals surface area contributed by atoms with Crippen molar-refractivity contribution in [3.8, 4) is 11.1 Å². The van der Waals surface area contributed by atoms with Crippen LogP contribution in [0.25, 0.3) is 22.0 Å². The molecule has 2 N–H and O–H groups in total. The van der Waals surface area contributed by atoms with Gasteiger partial charge < -0.3 is 5.32 Å². The number of hydrogen-bond donors (Lipinski definition) is 2. The smallest absolute Gasteiger partial charge is 0.269 e. The Morgan fingerprint density at radius 3 is 2.57 bits per heavy atom. The third-order valence-electron chi connectivity index (χ3n) is 3.66. The number of nitrogens with one attached hydrogen (secondary N) is 2. The lowest BCUT2D eigenvalue weighted by Crippen LogP contribution is -2.20. The lowest BCUT2D eigenvalue weighted by Gasteiger charge is -2.02. The zero-order valence-electron chi connectivity index (χ0n) is 12.4. The van der Waals surface area contributed by atoms with Gasteiger partial charge in [0.2, 0.25) is 5.91 Å². The van der Waals surface area contributed by atoms with E-state index in [4.69, 9.17) is 0 Å². The molecule has 3 aromatic rings. The lowest BCUT2D eigenvalue weighted by molar-refractivity contribution is -0.384. The molecule has 0 aliphatic rings. The summed E-state index contributed by atoms with van der Waals surface area (Å²) in [6, 6.07) is 12.1. The standard InChI is InChI=1S/C16H14N4O3/c1-17-16(21)9-15-13-7-4-11(8-14(13)18-19-15)10-2-5-12(6-3-10)20(22)23/h2-8H,9H2,1H3,(H,17,21)(H,18,19). The molecule has 1 amide bonds. The molecule has 0 spiro atoms. The zero-order valence-corrected chi connectivity index (χ0v) is 12.4. The molecule has 0 bridgehead atoms. The fourth-order valence-corrected chi connectivity index (χ4v) is 2.41. The number of nitro groups is 1. The quantitative estimate of drug-likeness (QED) is 0.571. The Kier molecular flexibility index (Phi) is 3.76. The largest absolute Gasteiger partial charge is 0.359 e. The van der Waals surface area contributed by atoms with Gasteiger partial charge in [-0.2, -0.15) is 5.10 Å². The number of carbonyl (C=O) groups excluding carboxylic acids is 1. The molecule has 0 aliphatic carbocycles. The number of benzene rings is 2. The molecular weight excluding hydrogens is 296 g/mol. The average molecular weight is 310 g/mol. The number of likely N-dealkylation sites (N-methyl/N-ethyl adjacent to an activating group) is 1. The molecule has 7 nitrogen and oxygen atoms in total. The van der Waals surface area contributed by atoms with Crippen molar-refractivity contribution in [3.63, 3.8) is 0 Å². The van der Waals surface area contributed by atoms with E-state index in [-0.39, 0.29) is 18.0 Å². The van der Waals surface area contributed by atoms with Gasteiger partial charge in [-0.3, -0.25) is 20.0 Å². The van der Waals surface area contributed by atoms with Gasteiger partial charge in [0, 0.05) is 24.6 Å². The first-order valence-electron chi connectivity index (χ1n) is 7.01. The summed E-state index contributed by atoms with van der Waals surface area (Å²) in [4.78, 5) is 21.8. The number of rotatable bonds is 4. The van der Waals surface area contributed by atoms with Gasteiger partial charge in [0.05, 0.1) is 22.6 Å². The van der Waals surface area contributed by atoms with E-state index in [1.54, 1.807) is 19.2 Å². The minimum atomic E-state index is -0.425. The number of aromatic amines is 1. The van der Waals surface area contributed by atoms with Crippen LogP contribution in [0.5, 0.6) is 0 Å². The number of nitro benzene ring substituents is 1. The van der Waals surface area contributed by atoms with Crippen molar-refractivity contribution in [3.05, 3.63) is 58.3 Å². The summed E-state index contributed by atoms with van der Waals surface area (Å²) < 4.78 is 0. The summed E-state index contributed by atoms with van der Waals surface area (Å²) >= 11 is 0. The number of amides is 1. The number of nitrogens with zero attached hydrogens (tertiary/aromatic N) is 2. The highest BCUT2D eigenvalue weighted by atomic mass is 16.6. The van der Waals surface area contributed by atoms with Crippen molar-refractivity contribution in [2.45, 2.75) is 6.42 Å². The number of aromatic nitrogens is 2. The second-order valence-corrected chi connectivity index (χ2v) is 5.09. The van der Waals surface area contributed by atoms with Gasteiger partial charge in [-0.15, -0.1) is 0 Å². The van der Waals surface area contributed by atoms with Gasteiger partial charge in [-0.05, 0) is 29.3 Å². The molecule has 0 aliphatic heterocycles. The Labute approximate surface area is 131 Å². The SMILES string of the molecule is CNC(=O)Cc1[nH]nc2cc(-c3ccc([N+](=O)[O-])cc3)ccc12. The average Bonchev–Trinajstić information content (AvgIpc) is 2.97. The van der Waals surface area contributed by atoms with Gasteiger partial charge in [-0.25, -0.2) is 0 Å². The molecule has 0 fully saturated rings. The lowest BCUT2D eigenvalue weighted by atomic mass is 10.0. The monoisotopic (exact) mass is 310 g/mol. The Bertz CT molecular complexity index is 884. The normalized spacial score (nSPS) is 10.7. The second kappa shape index (κ2) is 5.88. The van der Waals surface area contributed by atoms with Crippen LogP contribution in [-0.2, 0) is 11.2 Å². The third kappa shape index (κ3) is 2.89. The van der Waals surface area contributed by atoms with Crippen molar-refractivity contribution in [1.29, 1.82) is 0 Å². The molecular formula is C16H14N4O3. The van der Waals surface area contributed by atoms with Crippen molar-refractivity contribution < 1.29 is 9.72 Å². The maximum Gasteiger partial charge on any atom is 0.269 e. The molecule has 0 radical (unpaired) electrons. The molecule has 1 heterocycles. The number of fused-ring (bicyclic) bond motifs is 1. The first-order chi connectivity index (χ1) is 11.1. The van der Waals surface area contributed by atoms with Crippen LogP contribution >= 0.6 is 0 Å². The number of carbonyl (C=O) groups is 1. The highest BCUT2D eigenvalue weighted by Crippen LogP contribution is 2.26. The Morgan fingerprint density at radius 2 is 1.91 bits per heavy atom. The zero-order chi connectivity index (χ0) is 16.4. The van der Waals surface area contributed by atoms with Gasteiger partial charge in [-0.1, -0.05) is 12.1 Å². The van der Waals surface area contributed by atoms with Gasteiger partial charge in [0.25, 0.3) is 5.69 Å². The number of hydrogen-bond acceptors (Lipinski definition) is 4. The van der Waals surface area contributed by atoms with Crippen LogP contribution in [0, 0.1) is 10.1 Å². The van der Waals surface area contributed by atoms with Crippen LogP contribution < -0.4 is 5.32 Å². The van der Waals surface area contributed by atoms with Crippen LogP contribution in [0.3, 0.4) is 0 Å². The van der Waals surface area contributed by atoms with E-state index >= 15 is 0 Å². The first-order valence-corrected chi connectivity index (χ1v) is 7.01. The van der Waals surface area contributed by atoms with Gasteiger partial charge >= 0.3 is 0 Å². The maximum atomic E-state index is 11.5. The molecule has 7 heteroatoms. The summed E-state index contributed by atoms with van der Waals surface area (Å²) in [5.74, 6) is -0.0880. The topological polar surface area (TPSA) is 101 Å². The predicted octanol–water partition coefficient (Wildman–Crippen LogP) is 2.43. The number of non-ortho nitro benzene ring substituents is 1. The fraction of sp³-hybridized carbons (Fsp3) is 0.125. The van der Waals surface area contributed by atoms with E-state index in [1.807, 2.05) is 18.2 Å². The minimum absolute atomic E-state index is 0.0578. The van der Waals surface area contributed by atoms with Crippen molar-refractivity contribution in [2.75, 3.05) is 7.05 Å². The van der Waals surface area contributed by atoms with Crippen LogP contribution in [0.1, 0.15) is 5.69 Å². The van der Waals surface area contributed by atoms with E-state index in [9.17, 15) is 14.9 Å². The minimum Gasteiger partial charge on any atom is -0.359 e. The van der Waals surface area contributed by atoms with E-state index in [2.05, 4.69) is 15.5 Å². The second-order valence-electron chi connectivity index (χ2n) is 5.09. The molecule has 0 saturated heterocycles. The van der Waals surface area contributed by atoms with Gasteiger partial charge in [0.1, 0.15) is 0 Å². The van der Waals surface area contributed by atoms with Crippen molar-refractivity contribution in [1.82, 2.24) is 15.5 Å². The molecule has 3 rings (SSSR count). The summed E-state index contributed by atoms with van der Waals surface area (Å²) in [5, 5.41) is 21.3. The molecule has 116 valence electrons. The summed E-state index contributed by atoms with van der Waals surface area (Å²) in [5.41, 5.74) is 3.34. The van der Waals surface area contributed by atoms with Crippen molar-refractivity contribution >= 4 is 22.5 Å². The highest BCUT2D eigenvalue weighted by molar-refractivity contribution is 5.89. The predicted molar refractivity (Wildman–Crippen MR) is 86.0 cm³/mol. The van der Waals surface area contributed by atoms with Crippen LogP contribution in [0.4, 0.5) is 5.69 Å². The van der Waals surface area contributed by atoms with Crippen molar-refractivity contribution in [2.24, 2.45) is 0 Å². The van der Waals surface area contributed by atoms with E-state index < -0.39 is 4.92 Å². The van der Waals surface area contributed by atoms with E-state index in [0.29, 0.717) is 0 Å². The Hall–Kier alpha value is -3.22. The molecule has 0 saturated carbocycles. The maximum absolute atomic E-state index is 11.5. The van der Waals surface area contributed by atoms with E-state index in [0.717, 1.165) is 27.7 Å². The number of H-pyrrole nitrogens is 1.